The summed E-state index contributed by atoms with van der Waals surface area (Å²) in [4.78, 5) is 11.1. The Morgan fingerprint density at radius 1 is 1.64 bits per heavy atom. The standard InChI is InChI=1S/C10H16BNO2/c1-2-5-11(8-12)6-3-9-4-7-14-10(9)13/h9H,2-7H2,1H3. The van der Waals surface area contributed by atoms with Crippen LogP contribution in [0.4, 0.5) is 0 Å². The first kappa shape index (κ1) is 11.1. The molecule has 0 bridgehead atoms. The van der Waals surface area contributed by atoms with E-state index in [1.807, 2.05) is 0 Å². The molecule has 14 heavy (non-hydrogen) atoms. The van der Waals surface area contributed by atoms with Crippen LogP contribution in [0.1, 0.15) is 26.2 Å². The summed E-state index contributed by atoms with van der Waals surface area (Å²) in [5, 5.41) is 8.83. The minimum Gasteiger partial charge on any atom is -0.465 e. The lowest BCUT2D eigenvalue weighted by Gasteiger charge is -2.06. The van der Waals surface area contributed by atoms with Gasteiger partial charge in [-0.15, -0.1) is 0 Å². The van der Waals surface area contributed by atoms with Crippen molar-refractivity contribution in [2.75, 3.05) is 6.61 Å². The van der Waals surface area contributed by atoms with Crippen molar-refractivity contribution in [3.63, 3.8) is 0 Å². The zero-order valence-corrected chi connectivity index (χ0v) is 8.66. The predicted octanol–water partition coefficient (Wildman–Crippen LogP) is 1.91. The fourth-order valence-electron chi connectivity index (χ4n) is 1.82. The Balaban J connectivity index is 2.24. The van der Waals surface area contributed by atoms with Gasteiger partial charge in [0, 0.05) is 5.97 Å². The minimum atomic E-state index is -0.0711. The van der Waals surface area contributed by atoms with E-state index in [0.29, 0.717) is 6.61 Å². The van der Waals surface area contributed by atoms with Crippen LogP contribution in [0.15, 0.2) is 0 Å². The van der Waals surface area contributed by atoms with Crippen LogP contribution in [-0.2, 0) is 9.53 Å². The molecule has 1 rings (SSSR count). The summed E-state index contributed by atoms with van der Waals surface area (Å²) in [5.41, 5.74) is 0. The van der Waals surface area contributed by atoms with Gasteiger partial charge in [-0.25, -0.2) is 5.26 Å². The number of hydrogen-bond donors (Lipinski definition) is 0. The van der Waals surface area contributed by atoms with Gasteiger partial charge < -0.3 is 4.74 Å². The Hall–Kier alpha value is -0.975. The van der Waals surface area contributed by atoms with E-state index in [-0.39, 0.29) is 18.6 Å². The van der Waals surface area contributed by atoms with Gasteiger partial charge in [-0.1, -0.05) is 26.0 Å². The van der Waals surface area contributed by atoms with Gasteiger partial charge in [-0.3, -0.25) is 4.79 Å². The van der Waals surface area contributed by atoms with Crippen LogP contribution in [-0.4, -0.2) is 19.3 Å². The van der Waals surface area contributed by atoms with Crippen LogP contribution in [0.25, 0.3) is 0 Å². The van der Waals surface area contributed by atoms with Crippen molar-refractivity contribution in [1.29, 1.82) is 5.26 Å². The van der Waals surface area contributed by atoms with Gasteiger partial charge in [-0.05, 0) is 12.8 Å². The topological polar surface area (TPSA) is 50.1 Å². The Kier molecular flexibility index (Phi) is 4.51. The lowest BCUT2D eigenvalue weighted by atomic mass is 9.45. The zero-order valence-electron chi connectivity index (χ0n) is 8.66. The second-order valence-corrected chi connectivity index (χ2v) is 3.85. The monoisotopic (exact) mass is 193 g/mol. The normalized spacial score (nSPS) is 20.3. The molecule has 0 aromatic rings. The number of nitriles is 1. The largest absolute Gasteiger partial charge is 0.465 e. The number of rotatable bonds is 5. The van der Waals surface area contributed by atoms with E-state index in [9.17, 15) is 4.79 Å². The third-order valence-corrected chi connectivity index (χ3v) is 2.73. The molecular weight excluding hydrogens is 177 g/mol. The molecule has 76 valence electrons. The molecule has 1 aliphatic heterocycles. The Bertz CT molecular complexity index is 237. The number of esters is 1. The van der Waals surface area contributed by atoms with Crippen LogP contribution in [0.3, 0.4) is 0 Å². The number of carbonyl (C=O) groups is 1. The predicted molar refractivity (Wildman–Crippen MR) is 55.0 cm³/mol. The Morgan fingerprint density at radius 3 is 2.93 bits per heavy atom. The van der Waals surface area contributed by atoms with Gasteiger partial charge in [0.05, 0.1) is 12.5 Å². The highest BCUT2D eigenvalue weighted by atomic mass is 16.5. The fraction of sp³-hybridized carbons (Fsp3) is 0.800. The quantitative estimate of drug-likeness (QED) is 0.494. The third kappa shape index (κ3) is 3.06. The fourth-order valence-corrected chi connectivity index (χ4v) is 1.82. The van der Waals surface area contributed by atoms with E-state index in [2.05, 4.69) is 12.9 Å². The Morgan fingerprint density at radius 2 is 2.43 bits per heavy atom. The lowest BCUT2D eigenvalue weighted by Crippen LogP contribution is -2.14. The van der Waals surface area contributed by atoms with E-state index < -0.39 is 0 Å². The van der Waals surface area contributed by atoms with Gasteiger partial charge >= 0.3 is 5.97 Å². The van der Waals surface area contributed by atoms with E-state index in [1.165, 1.54) is 0 Å². The molecule has 1 heterocycles. The summed E-state index contributed by atoms with van der Waals surface area (Å²) >= 11 is 0. The van der Waals surface area contributed by atoms with Crippen molar-refractivity contribution in [3.8, 4) is 5.97 Å². The molecule has 1 atom stereocenters. The summed E-state index contributed by atoms with van der Waals surface area (Å²) in [6.45, 7) is 2.76. The van der Waals surface area contributed by atoms with Crippen LogP contribution in [0.2, 0.25) is 12.6 Å². The summed E-state index contributed by atoms with van der Waals surface area (Å²) in [6.07, 6.45) is 4.47. The maximum absolute atomic E-state index is 11.1. The molecule has 0 aliphatic carbocycles. The van der Waals surface area contributed by atoms with Crippen molar-refractivity contribution in [1.82, 2.24) is 0 Å². The molecule has 0 aromatic carbocycles. The molecule has 0 amide bonds. The molecule has 0 radical (unpaired) electrons. The molecule has 0 spiro atoms. The molecule has 0 saturated carbocycles. The van der Waals surface area contributed by atoms with Gasteiger partial charge in [0.1, 0.15) is 0 Å². The number of hydrogen-bond acceptors (Lipinski definition) is 3. The molecule has 1 fully saturated rings. The number of carbonyl (C=O) groups excluding carboxylic acids is 1. The highest BCUT2D eigenvalue weighted by molar-refractivity contribution is 6.66. The summed E-state index contributed by atoms with van der Waals surface area (Å²) < 4.78 is 4.87. The first-order chi connectivity index (χ1) is 6.77. The maximum atomic E-state index is 11.1. The summed E-state index contributed by atoms with van der Waals surface area (Å²) in [6, 6.07) is 0. The first-order valence-corrected chi connectivity index (χ1v) is 5.34. The van der Waals surface area contributed by atoms with Gasteiger partial charge in [0.25, 0.3) is 6.71 Å². The highest BCUT2D eigenvalue weighted by Crippen LogP contribution is 2.21. The molecule has 0 N–H and O–H groups in total. The van der Waals surface area contributed by atoms with Crippen molar-refractivity contribution in [2.45, 2.75) is 38.8 Å². The zero-order chi connectivity index (χ0) is 10.4. The molecule has 4 heteroatoms. The summed E-state index contributed by atoms with van der Waals surface area (Å²) in [7, 11) is 0. The van der Waals surface area contributed by atoms with Crippen LogP contribution in [0, 0.1) is 17.1 Å². The van der Waals surface area contributed by atoms with Crippen molar-refractivity contribution < 1.29 is 9.53 Å². The molecule has 1 unspecified atom stereocenters. The van der Waals surface area contributed by atoms with Crippen molar-refractivity contribution in [3.05, 3.63) is 0 Å². The first-order valence-electron chi connectivity index (χ1n) is 5.34. The van der Waals surface area contributed by atoms with E-state index in [1.54, 1.807) is 0 Å². The maximum Gasteiger partial charge on any atom is 0.309 e. The van der Waals surface area contributed by atoms with Crippen LogP contribution >= 0.6 is 0 Å². The smallest absolute Gasteiger partial charge is 0.309 e. The van der Waals surface area contributed by atoms with Crippen molar-refractivity contribution in [2.24, 2.45) is 5.92 Å². The molecule has 1 saturated heterocycles. The third-order valence-electron chi connectivity index (χ3n) is 2.73. The average Bonchev–Trinajstić information content (AvgIpc) is 2.59. The number of nitrogens with zero attached hydrogens (tertiary/aromatic N) is 1. The van der Waals surface area contributed by atoms with Gasteiger partial charge in [0.15, 0.2) is 0 Å². The second-order valence-electron chi connectivity index (χ2n) is 3.85. The average molecular weight is 193 g/mol. The molecule has 0 aromatic heterocycles. The Labute approximate surface area is 85.5 Å². The van der Waals surface area contributed by atoms with E-state index in [4.69, 9.17) is 10.00 Å². The van der Waals surface area contributed by atoms with E-state index >= 15 is 0 Å². The highest BCUT2D eigenvalue weighted by Gasteiger charge is 2.27. The lowest BCUT2D eigenvalue weighted by molar-refractivity contribution is -0.141. The van der Waals surface area contributed by atoms with E-state index in [0.717, 1.165) is 31.9 Å². The van der Waals surface area contributed by atoms with Crippen molar-refractivity contribution >= 4 is 12.7 Å². The van der Waals surface area contributed by atoms with Gasteiger partial charge in [0.2, 0.25) is 0 Å². The SMILES string of the molecule is CCCB(C#N)CCC1CCOC1=O. The van der Waals surface area contributed by atoms with Crippen LogP contribution < -0.4 is 0 Å². The number of cyclic esters (lactones) is 1. The molecular formula is C10H16BNO2. The van der Waals surface area contributed by atoms with Crippen LogP contribution in [0.5, 0.6) is 0 Å². The number of ether oxygens (including phenoxy) is 1. The molecule has 1 aliphatic rings. The van der Waals surface area contributed by atoms with Gasteiger partial charge in [-0.2, -0.15) is 0 Å². The molecule has 3 nitrogen and oxygen atoms in total. The second kappa shape index (κ2) is 5.69. The summed E-state index contributed by atoms with van der Waals surface area (Å²) in [5.74, 6) is 2.28. The minimum absolute atomic E-state index is 0.0581.